The van der Waals surface area contributed by atoms with Gasteiger partial charge in [-0.1, -0.05) is 121 Å². The minimum Gasteiger partial charge on any atom is -0.461 e. The van der Waals surface area contributed by atoms with Crippen molar-refractivity contribution in [3.63, 3.8) is 0 Å². The van der Waals surface area contributed by atoms with E-state index in [1.165, 1.54) is 24.3 Å². The van der Waals surface area contributed by atoms with Crippen LogP contribution in [-0.2, 0) is 57.1 Å². The van der Waals surface area contributed by atoms with Crippen molar-refractivity contribution in [1.82, 2.24) is 0 Å². The Hall–Kier alpha value is -11.7. The van der Waals surface area contributed by atoms with Crippen LogP contribution in [0.2, 0.25) is 0 Å². The van der Waals surface area contributed by atoms with Gasteiger partial charge in [-0.2, -0.15) is 20.5 Å². The second kappa shape index (κ2) is 35.3. The van der Waals surface area contributed by atoms with Crippen molar-refractivity contribution in [2.75, 3.05) is 75.6 Å². The van der Waals surface area contributed by atoms with E-state index in [1.54, 1.807) is 97.1 Å². The maximum Gasteiger partial charge on any atom is 0.338 e. The topological polar surface area (TPSA) is 232 Å². The number of hydrogen-bond donors (Lipinski definition) is 0. The van der Waals surface area contributed by atoms with Gasteiger partial charge in [0, 0.05) is 35.7 Å². The zero-order valence-corrected chi connectivity index (χ0v) is 52.2. The number of anilines is 2. The Labute approximate surface area is 555 Å². The van der Waals surface area contributed by atoms with E-state index in [0.717, 1.165) is 33.6 Å². The maximum absolute atomic E-state index is 13.4. The number of esters is 6. The number of benzene rings is 8. The summed E-state index contributed by atoms with van der Waals surface area (Å²) in [6.07, 6.45) is 9.40. The minimum atomic E-state index is -0.756. The average molecular weight is 1290 g/mol. The van der Waals surface area contributed by atoms with E-state index in [4.69, 9.17) is 37.9 Å². The number of hydrogen-bond acceptors (Lipinski definition) is 20. The van der Waals surface area contributed by atoms with E-state index in [9.17, 15) is 28.8 Å². The summed E-state index contributed by atoms with van der Waals surface area (Å²) in [5, 5.41) is 17.5. The van der Waals surface area contributed by atoms with Crippen molar-refractivity contribution in [2.24, 2.45) is 20.5 Å². The molecular formula is C76H68N6O14. The highest BCUT2D eigenvalue weighted by Gasteiger charge is 2.51. The molecule has 2 saturated heterocycles. The molecule has 8 aromatic rings. The molecule has 0 amide bonds. The third-order valence-electron chi connectivity index (χ3n) is 14.9. The lowest BCUT2D eigenvalue weighted by atomic mass is 10.1. The van der Waals surface area contributed by atoms with Crippen LogP contribution < -0.4 is 9.80 Å². The lowest BCUT2D eigenvalue weighted by Crippen LogP contribution is -2.36. The monoisotopic (exact) mass is 1290 g/mol. The normalized spacial score (nSPS) is 15.9. The SMILES string of the molecule is O=C(/C=C/c1ccccc1)OCCN(CCOC(=O)/C=C/c1ccccc1)c1ccc(N=Nc2ccc(C(=O)O[C@H]3CO[C@@H]4[C@H]3OC[C@H]4OC(=O)c3ccc(N=Nc4ccc(N(CCOC(=O)/C=C/c5ccccc5)CCOC(=O)/C=C/c5ccccc5)cc4)cc3)cc2)cc1. The average Bonchev–Trinajstić information content (AvgIpc) is 1.65. The smallest absolute Gasteiger partial charge is 0.338 e. The Balaban J connectivity index is 0.666. The first-order valence-corrected chi connectivity index (χ1v) is 31.0. The molecule has 0 saturated carbocycles. The van der Waals surface area contributed by atoms with Crippen LogP contribution in [0.3, 0.4) is 0 Å². The molecule has 486 valence electrons. The molecule has 4 atom stereocenters. The van der Waals surface area contributed by atoms with Gasteiger partial charge in [-0.3, -0.25) is 0 Å². The van der Waals surface area contributed by atoms with Crippen molar-refractivity contribution in [3.8, 4) is 0 Å². The van der Waals surface area contributed by atoms with Crippen LogP contribution >= 0.6 is 0 Å². The maximum atomic E-state index is 13.4. The lowest BCUT2D eigenvalue weighted by Gasteiger charge is -2.24. The summed E-state index contributed by atoms with van der Waals surface area (Å²) < 4.78 is 45.6. The molecule has 20 nitrogen and oxygen atoms in total. The van der Waals surface area contributed by atoms with Gasteiger partial charge in [-0.25, -0.2) is 28.8 Å². The van der Waals surface area contributed by atoms with Gasteiger partial charge in [-0.15, -0.1) is 0 Å². The number of nitrogens with zero attached hydrogens (tertiary/aromatic N) is 6. The predicted molar refractivity (Wildman–Crippen MR) is 362 cm³/mol. The van der Waals surface area contributed by atoms with Crippen molar-refractivity contribution in [1.29, 1.82) is 0 Å². The van der Waals surface area contributed by atoms with Gasteiger partial charge < -0.3 is 47.7 Å². The van der Waals surface area contributed by atoms with Crippen LogP contribution in [0.15, 0.2) is 263 Å². The summed E-state index contributed by atoms with van der Waals surface area (Å²) in [6, 6.07) is 65.0. The molecule has 2 heterocycles. The highest BCUT2D eigenvalue weighted by Crippen LogP contribution is 2.33. The summed E-state index contributed by atoms with van der Waals surface area (Å²) in [4.78, 5) is 80.8. The molecule has 0 aliphatic carbocycles. The van der Waals surface area contributed by atoms with Crippen LogP contribution in [0.1, 0.15) is 43.0 Å². The van der Waals surface area contributed by atoms with E-state index in [-0.39, 0.29) is 50.8 Å². The van der Waals surface area contributed by atoms with E-state index in [1.807, 2.05) is 155 Å². The summed E-state index contributed by atoms with van der Waals surface area (Å²) in [7, 11) is 0. The minimum absolute atomic E-state index is 0.0369. The first kappa shape index (κ1) is 67.2. The standard InChI is InChI=1S/C76H68N6O14/c83-69(41-21-55-13-5-1-6-14-55)89-49-45-81(46-50-90-70(84)42-22-56-15-7-2-8-16-56)65-37-33-63(34-38-65)79-77-61-29-25-59(26-30-61)75(87)95-67-53-93-74-68(54-94-73(67)74)96-76(88)60-27-31-62(32-28-60)78-80-64-35-39-66(40-36-64)82(47-51-91-71(85)43-23-57-17-9-3-10-18-57)48-52-92-72(86)44-24-58-19-11-4-12-20-58/h1-44,67-68,73-74H,45-54H2/b41-21+,42-22+,43-23+,44-24+,79-77?,80-78?/t67-,68+,73-,74-/m0/s1. The number of fused-ring (bicyclic) bond motifs is 1. The van der Waals surface area contributed by atoms with Gasteiger partial charge in [0.05, 0.1) is 73.3 Å². The Bertz CT molecular complexity index is 3640. The first-order valence-electron chi connectivity index (χ1n) is 31.0. The second-order valence-electron chi connectivity index (χ2n) is 21.6. The molecule has 0 N–H and O–H groups in total. The fraction of sp³-hybridized carbons (Fsp3) is 0.184. The first-order chi connectivity index (χ1) is 47.0. The number of carbonyl (C=O) groups is 6. The Morgan fingerprint density at radius 1 is 0.344 bits per heavy atom. The molecule has 0 aromatic heterocycles. The van der Waals surface area contributed by atoms with Gasteiger partial charge in [0.1, 0.15) is 38.6 Å². The Morgan fingerprint density at radius 3 is 0.854 bits per heavy atom. The van der Waals surface area contributed by atoms with E-state index in [0.29, 0.717) is 48.9 Å². The Kier molecular flexibility index (Phi) is 24.7. The molecule has 2 aliphatic heterocycles. The molecular weight excluding hydrogens is 1220 g/mol. The summed E-state index contributed by atoms with van der Waals surface area (Å²) >= 11 is 0. The van der Waals surface area contributed by atoms with E-state index >= 15 is 0 Å². The third kappa shape index (κ3) is 21.1. The molecule has 0 unspecified atom stereocenters. The van der Waals surface area contributed by atoms with Gasteiger partial charge >= 0.3 is 35.8 Å². The largest absolute Gasteiger partial charge is 0.461 e. The van der Waals surface area contributed by atoms with Crippen molar-refractivity contribution < 1.29 is 66.7 Å². The zero-order valence-electron chi connectivity index (χ0n) is 52.2. The van der Waals surface area contributed by atoms with Gasteiger partial charge in [0.15, 0.2) is 12.2 Å². The van der Waals surface area contributed by atoms with Gasteiger partial charge in [0.25, 0.3) is 0 Å². The number of rotatable bonds is 30. The van der Waals surface area contributed by atoms with Crippen molar-refractivity contribution in [2.45, 2.75) is 24.4 Å². The van der Waals surface area contributed by atoms with Gasteiger partial charge in [-0.05, 0) is 144 Å². The number of ether oxygens (including phenoxy) is 8. The molecule has 0 radical (unpaired) electrons. The predicted octanol–water partition coefficient (Wildman–Crippen LogP) is 13.7. The van der Waals surface area contributed by atoms with Crippen LogP contribution in [0.4, 0.5) is 34.1 Å². The van der Waals surface area contributed by atoms with Gasteiger partial charge in [0.2, 0.25) is 0 Å². The van der Waals surface area contributed by atoms with Crippen molar-refractivity contribution in [3.05, 3.63) is 276 Å². The molecule has 10 rings (SSSR count). The van der Waals surface area contributed by atoms with Crippen LogP contribution in [0.25, 0.3) is 24.3 Å². The van der Waals surface area contributed by atoms with Crippen LogP contribution in [0.5, 0.6) is 0 Å². The summed E-state index contributed by atoms with van der Waals surface area (Å²) in [6.45, 7) is 1.63. The zero-order chi connectivity index (χ0) is 66.5. The quantitative estimate of drug-likeness (QED) is 0.0176. The van der Waals surface area contributed by atoms with Crippen LogP contribution in [0, 0.1) is 0 Å². The van der Waals surface area contributed by atoms with Crippen LogP contribution in [-0.4, -0.2) is 126 Å². The molecule has 96 heavy (non-hydrogen) atoms. The molecule has 2 fully saturated rings. The van der Waals surface area contributed by atoms with E-state index in [2.05, 4.69) is 20.5 Å². The fourth-order valence-electron chi connectivity index (χ4n) is 9.93. The second-order valence-corrected chi connectivity index (χ2v) is 21.6. The molecule has 8 aromatic carbocycles. The highest BCUT2D eigenvalue weighted by molar-refractivity contribution is 5.91. The summed E-state index contributed by atoms with van der Waals surface area (Å²) in [5.74, 6) is -3.16. The molecule has 0 bridgehead atoms. The molecule has 0 spiro atoms. The fourth-order valence-corrected chi connectivity index (χ4v) is 9.93. The summed E-state index contributed by atoms with van der Waals surface area (Å²) in [5.41, 5.74) is 7.60. The van der Waals surface area contributed by atoms with E-state index < -0.39 is 60.2 Å². The molecule has 20 heteroatoms. The number of azo groups is 2. The highest BCUT2D eigenvalue weighted by atomic mass is 16.7. The Morgan fingerprint density at radius 2 is 0.594 bits per heavy atom. The third-order valence-corrected chi connectivity index (χ3v) is 14.9. The van der Waals surface area contributed by atoms with Crippen molar-refractivity contribution >= 4 is 94.2 Å². The lowest BCUT2D eigenvalue weighted by molar-refractivity contribution is -0.138. The number of carbonyl (C=O) groups excluding carboxylic acids is 6. The molecule has 2 aliphatic rings.